The van der Waals surface area contributed by atoms with Crippen LogP contribution in [0, 0.1) is 0 Å². The molecule has 0 radical (unpaired) electrons. The molecule has 1 aromatic heterocycles. The van der Waals surface area contributed by atoms with Crippen molar-refractivity contribution in [2.24, 2.45) is 5.16 Å². The summed E-state index contributed by atoms with van der Waals surface area (Å²) in [7, 11) is -0.691. The van der Waals surface area contributed by atoms with Gasteiger partial charge in [-0.05, 0) is 22.0 Å². The van der Waals surface area contributed by atoms with E-state index in [1.54, 1.807) is 0 Å². The third-order valence-corrected chi connectivity index (χ3v) is 5.40. The minimum Gasteiger partial charge on any atom is -0.452 e. The molecule has 0 aliphatic carbocycles. The first kappa shape index (κ1) is 18.6. The number of rotatable bonds is 4. The number of anilines is 1. The fourth-order valence-electron chi connectivity index (χ4n) is 2.07. The number of hydrogen-bond donors (Lipinski definition) is 2. The van der Waals surface area contributed by atoms with E-state index >= 15 is 0 Å². The lowest BCUT2D eigenvalue weighted by Crippen LogP contribution is -2.25. The van der Waals surface area contributed by atoms with Crippen LogP contribution >= 0.6 is 27.5 Å². The molecule has 24 heavy (non-hydrogen) atoms. The summed E-state index contributed by atoms with van der Waals surface area (Å²) in [6, 6.07) is 2.98. The summed E-state index contributed by atoms with van der Waals surface area (Å²) in [4.78, 5) is 12.1. The molecule has 0 atom stereocenters. The van der Waals surface area contributed by atoms with Crippen LogP contribution in [0.5, 0.6) is 0 Å². The highest BCUT2D eigenvalue weighted by atomic mass is 79.9. The van der Waals surface area contributed by atoms with Gasteiger partial charge in [-0.25, -0.2) is 8.42 Å². The number of oxime groups is 1. The van der Waals surface area contributed by atoms with Gasteiger partial charge in [0, 0.05) is 30.0 Å². The Morgan fingerprint density at radius 3 is 2.58 bits per heavy atom. The molecule has 0 saturated heterocycles. The minimum atomic E-state index is -3.50. The van der Waals surface area contributed by atoms with E-state index in [0.717, 1.165) is 10.6 Å². The molecule has 2 N–H and O–H groups in total. The van der Waals surface area contributed by atoms with E-state index in [1.165, 1.54) is 26.2 Å². The van der Waals surface area contributed by atoms with Crippen molar-refractivity contribution in [1.29, 1.82) is 0 Å². The van der Waals surface area contributed by atoms with Gasteiger partial charge in [-0.2, -0.15) is 0 Å². The number of furan rings is 1. The van der Waals surface area contributed by atoms with Crippen molar-refractivity contribution in [3.8, 4) is 0 Å². The van der Waals surface area contributed by atoms with Gasteiger partial charge in [0.2, 0.25) is 15.2 Å². The van der Waals surface area contributed by atoms with E-state index in [-0.39, 0.29) is 16.9 Å². The molecule has 11 heteroatoms. The molecule has 2 aromatic rings. The van der Waals surface area contributed by atoms with Crippen molar-refractivity contribution in [2.45, 2.75) is 0 Å². The number of nitrogens with one attached hydrogen (secondary N) is 1. The number of benzene rings is 1. The molecule has 0 spiro atoms. The van der Waals surface area contributed by atoms with E-state index in [2.05, 4.69) is 26.4 Å². The highest BCUT2D eigenvalue weighted by Crippen LogP contribution is 2.36. The first-order valence-corrected chi connectivity index (χ1v) is 9.43. The highest BCUT2D eigenvalue weighted by molar-refractivity contribution is 9.10. The van der Waals surface area contributed by atoms with E-state index in [9.17, 15) is 13.2 Å². The lowest BCUT2D eigenvalue weighted by molar-refractivity contribution is 0.0963. The zero-order valence-electron chi connectivity index (χ0n) is 12.8. The van der Waals surface area contributed by atoms with Crippen LogP contribution in [0.2, 0.25) is 0 Å². The van der Waals surface area contributed by atoms with Gasteiger partial charge in [-0.15, -0.1) is 0 Å². The van der Waals surface area contributed by atoms with Crippen molar-refractivity contribution in [3.05, 3.63) is 27.9 Å². The fourth-order valence-corrected chi connectivity index (χ4v) is 3.43. The van der Waals surface area contributed by atoms with Crippen LogP contribution in [0.1, 0.15) is 16.1 Å². The number of hydrogen-bond acceptors (Lipinski definition) is 6. The van der Waals surface area contributed by atoms with Gasteiger partial charge >= 0.3 is 0 Å². The Labute approximate surface area is 151 Å². The number of fused-ring (bicyclic) bond motifs is 1. The molecule has 0 unspecified atom stereocenters. The molecule has 2 rings (SSSR count). The summed E-state index contributed by atoms with van der Waals surface area (Å²) in [5.74, 6) is -0.624. The average molecular weight is 439 g/mol. The maximum atomic E-state index is 12.1. The summed E-state index contributed by atoms with van der Waals surface area (Å²) < 4.78 is 30.5. The Kier molecular flexibility index (Phi) is 5.11. The number of halogens is 2. The average Bonchev–Trinajstić information content (AvgIpc) is 2.89. The number of nitrogens with zero attached hydrogens (tertiary/aromatic N) is 2. The third kappa shape index (κ3) is 3.21. The van der Waals surface area contributed by atoms with Crippen molar-refractivity contribution < 1.29 is 22.8 Å². The largest absolute Gasteiger partial charge is 0.452 e. The summed E-state index contributed by atoms with van der Waals surface area (Å²) in [6.07, 6.45) is 1.06. The maximum absolute atomic E-state index is 12.1. The van der Waals surface area contributed by atoms with Gasteiger partial charge in [-0.3, -0.25) is 9.10 Å². The van der Waals surface area contributed by atoms with Crippen molar-refractivity contribution in [1.82, 2.24) is 5.32 Å². The van der Waals surface area contributed by atoms with Crippen LogP contribution in [-0.4, -0.2) is 45.1 Å². The second-order valence-electron chi connectivity index (χ2n) is 4.81. The van der Waals surface area contributed by atoms with Gasteiger partial charge in [0.05, 0.1) is 17.5 Å². The van der Waals surface area contributed by atoms with Crippen LogP contribution in [-0.2, 0) is 10.0 Å². The van der Waals surface area contributed by atoms with Crippen molar-refractivity contribution >= 4 is 65.3 Å². The minimum absolute atomic E-state index is 0.0737. The topological polar surface area (TPSA) is 112 Å². The van der Waals surface area contributed by atoms with E-state index < -0.39 is 21.1 Å². The number of carbonyl (C=O) groups is 1. The van der Waals surface area contributed by atoms with Crippen LogP contribution in [0.3, 0.4) is 0 Å². The van der Waals surface area contributed by atoms with Crippen LogP contribution < -0.4 is 9.62 Å². The van der Waals surface area contributed by atoms with Gasteiger partial charge in [0.1, 0.15) is 5.58 Å². The molecule has 1 amide bonds. The second-order valence-corrected chi connectivity index (χ2v) is 8.03. The lowest BCUT2D eigenvalue weighted by atomic mass is 10.1. The Bertz CT molecular complexity index is 954. The molecule has 8 nitrogen and oxygen atoms in total. The standard InChI is InChI=1S/C13H13BrClN3O5S/c1-16-13(19)10-6-4-7(14)8(18(2)24(3,21)22)5-9(6)23-11(10)12(15)17-20/h4-5,20H,1-3H3,(H,16,19)/b17-12-. The Hall–Kier alpha value is -1.78. The van der Waals surface area contributed by atoms with Crippen molar-refractivity contribution in [2.75, 3.05) is 24.7 Å². The molecule has 0 fully saturated rings. The molecular weight excluding hydrogens is 426 g/mol. The third-order valence-electron chi connectivity index (χ3n) is 3.32. The Morgan fingerprint density at radius 2 is 2.08 bits per heavy atom. The summed E-state index contributed by atoms with van der Waals surface area (Å²) in [5, 5.41) is 14.1. The zero-order chi connectivity index (χ0) is 18.2. The first-order valence-electron chi connectivity index (χ1n) is 6.41. The van der Waals surface area contributed by atoms with Crippen LogP contribution in [0.25, 0.3) is 11.0 Å². The summed E-state index contributed by atoms with van der Waals surface area (Å²) in [5.41, 5.74) is 0.592. The predicted octanol–water partition coefficient (Wildman–Crippen LogP) is 2.33. The molecule has 130 valence electrons. The molecule has 0 aliphatic heterocycles. The van der Waals surface area contributed by atoms with Gasteiger partial charge in [0.15, 0.2) is 5.76 Å². The summed E-state index contributed by atoms with van der Waals surface area (Å²) >= 11 is 9.08. The lowest BCUT2D eigenvalue weighted by Gasteiger charge is -2.18. The number of carbonyl (C=O) groups excluding carboxylic acids is 1. The predicted molar refractivity (Wildman–Crippen MR) is 94.7 cm³/mol. The zero-order valence-corrected chi connectivity index (χ0v) is 16.0. The number of amides is 1. The van der Waals surface area contributed by atoms with Gasteiger partial charge in [-0.1, -0.05) is 16.8 Å². The number of sulfonamides is 1. The van der Waals surface area contributed by atoms with E-state index in [0.29, 0.717) is 15.5 Å². The molecular formula is C13H13BrClN3O5S. The quantitative estimate of drug-likeness (QED) is 0.432. The molecule has 0 bridgehead atoms. The molecule has 1 aromatic carbocycles. The van der Waals surface area contributed by atoms with E-state index in [4.69, 9.17) is 21.2 Å². The van der Waals surface area contributed by atoms with E-state index in [1.807, 2.05) is 0 Å². The molecule has 1 heterocycles. The van der Waals surface area contributed by atoms with Crippen molar-refractivity contribution in [3.63, 3.8) is 0 Å². The molecule has 0 aliphatic rings. The Balaban J connectivity index is 2.83. The van der Waals surface area contributed by atoms with Gasteiger partial charge in [0.25, 0.3) is 5.91 Å². The smallest absolute Gasteiger partial charge is 0.255 e. The second kappa shape index (κ2) is 6.61. The Morgan fingerprint density at radius 1 is 1.46 bits per heavy atom. The highest BCUT2D eigenvalue weighted by Gasteiger charge is 2.26. The van der Waals surface area contributed by atoms with Crippen LogP contribution in [0.4, 0.5) is 5.69 Å². The van der Waals surface area contributed by atoms with Crippen LogP contribution in [0.15, 0.2) is 26.2 Å². The van der Waals surface area contributed by atoms with Gasteiger partial charge < -0.3 is 14.9 Å². The maximum Gasteiger partial charge on any atom is 0.255 e. The normalized spacial score (nSPS) is 12.5. The molecule has 0 saturated carbocycles. The first-order chi connectivity index (χ1) is 11.1. The summed E-state index contributed by atoms with van der Waals surface area (Å²) in [6.45, 7) is 0. The SMILES string of the molecule is CNC(=O)c1c(/C(Cl)=N/O)oc2cc(N(C)S(C)(=O)=O)c(Br)cc12. The fraction of sp³-hybridized carbons (Fsp3) is 0.231. The monoisotopic (exact) mass is 437 g/mol.